The van der Waals surface area contributed by atoms with E-state index in [4.69, 9.17) is 0 Å². The van der Waals surface area contributed by atoms with Crippen LogP contribution >= 0.6 is 0 Å². The monoisotopic (exact) mass is 251 g/mol. The van der Waals surface area contributed by atoms with Crippen LogP contribution in [0.1, 0.15) is 16.1 Å². The zero-order chi connectivity index (χ0) is 12.9. The van der Waals surface area contributed by atoms with Crippen LogP contribution in [0.5, 0.6) is 0 Å². The number of alkyl halides is 3. The molecule has 0 atom stereocenters. The summed E-state index contributed by atoms with van der Waals surface area (Å²) in [6.45, 7) is 0.178. The van der Waals surface area contributed by atoms with Gasteiger partial charge in [-0.1, -0.05) is 0 Å². The van der Waals surface area contributed by atoms with E-state index in [1.165, 1.54) is 6.20 Å². The lowest BCUT2D eigenvalue weighted by Crippen LogP contribution is -2.29. The van der Waals surface area contributed by atoms with Gasteiger partial charge in [-0.2, -0.15) is 18.3 Å². The minimum Gasteiger partial charge on any atom is -0.370 e. The molecule has 96 valence electrons. The first kappa shape index (κ1) is 13.5. The van der Waals surface area contributed by atoms with Crippen LogP contribution in [0.3, 0.4) is 0 Å². The van der Waals surface area contributed by atoms with Crippen molar-refractivity contribution in [2.75, 3.05) is 19.8 Å². The highest BCUT2D eigenvalue weighted by Gasteiger charge is 2.27. The van der Waals surface area contributed by atoms with Gasteiger partial charge in [0, 0.05) is 12.2 Å². The van der Waals surface area contributed by atoms with Gasteiger partial charge < -0.3 is 10.1 Å². The molecule has 0 aliphatic carbocycles. The van der Waals surface area contributed by atoms with E-state index in [2.05, 4.69) is 20.3 Å². The first-order chi connectivity index (χ1) is 7.90. The summed E-state index contributed by atoms with van der Waals surface area (Å²) in [7, 11) is 0. The Morgan fingerprint density at radius 2 is 2.29 bits per heavy atom. The van der Waals surface area contributed by atoms with Crippen molar-refractivity contribution in [3.05, 3.63) is 17.5 Å². The second-order valence-electron chi connectivity index (χ2n) is 3.33. The standard InChI is InChI=1S/C9H12F3N3O2/c1-6-7(4-14-15-6)8(16)13-2-3-17-5-9(10,11)12/h4H,2-3,5H2,1H3,(H,13,16)(H,14,15). The predicted molar refractivity (Wildman–Crippen MR) is 52.5 cm³/mol. The topological polar surface area (TPSA) is 67.0 Å². The van der Waals surface area contributed by atoms with Crippen LogP contribution in [-0.2, 0) is 4.74 Å². The van der Waals surface area contributed by atoms with E-state index in [1.807, 2.05) is 0 Å². The van der Waals surface area contributed by atoms with Gasteiger partial charge in [-0.05, 0) is 6.92 Å². The van der Waals surface area contributed by atoms with E-state index in [1.54, 1.807) is 6.92 Å². The third-order valence-electron chi connectivity index (χ3n) is 1.87. The molecule has 1 aromatic rings. The highest BCUT2D eigenvalue weighted by atomic mass is 19.4. The summed E-state index contributed by atoms with van der Waals surface area (Å²) in [5.41, 5.74) is 0.958. The summed E-state index contributed by atoms with van der Waals surface area (Å²) in [4.78, 5) is 11.4. The number of carbonyl (C=O) groups is 1. The molecule has 0 radical (unpaired) electrons. The molecule has 0 aliphatic heterocycles. The molecule has 17 heavy (non-hydrogen) atoms. The van der Waals surface area contributed by atoms with Gasteiger partial charge in [-0.25, -0.2) is 0 Å². The molecule has 0 saturated heterocycles. The van der Waals surface area contributed by atoms with E-state index >= 15 is 0 Å². The van der Waals surface area contributed by atoms with Gasteiger partial charge in [0.2, 0.25) is 0 Å². The van der Waals surface area contributed by atoms with Crippen molar-refractivity contribution in [3.8, 4) is 0 Å². The molecule has 1 heterocycles. The summed E-state index contributed by atoms with van der Waals surface area (Å²) in [6, 6.07) is 0. The van der Waals surface area contributed by atoms with Crippen molar-refractivity contribution in [1.82, 2.24) is 15.5 Å². The number of halogens is 3. The number of nitrogens with zero attached hydrogens (tertiary/aromatic N) is 1. The Morgan fingerprint density at radius 1 is 1.59 bits per heavy atom. The fourth-order valence-electron chi connectivity index (χ4n) is 1.10. The van der Waals surface area contributed by atoms with Gasteiger partial charge in [0.05, 0.1) is 18.4 Å². The lowest BCUT2D eigenvalue weighted by atomic mass is 10.2. The van der Waals surface area contributed by atoms with Crippen LogP contribution in [0.2, 0.25) is 0 Å². The number of aromatic nitrogens is 2. The smallest absolute Gasteiger partial charge is 0.370 e. The number of hydrogen-bond acceptors (Lipinski definition) is 3. The summed E-state index contributed by atoms with van der Waals surface area (Å²) < 4.78 is 39.4. The van der Waals surface area contributed by atoms with Crippen molar-refractivity contribution >= 4 is 5.91 Å². The number of H-pyrrole nitrogens is 1. The average molecular weight is 251 g/mol. The Kier molecular flexibility index (Phi) is 4.50. The quantitative estimate of drug-likeness (QED) is 0.768. The molecule has 0 unspecified atom stereocenters. The van der Waals surface area contributed by atoms with Crippen LogP contribution in [0, 0.1) is 6.92 Å². The summed E-state index contributed by atoms with van der Waals surface area (Å²) in [6.07, 6.45) is -2.99. The van der Waals surface area contributed by atoms with Crippen molar-refractivity contribution < 1.29 is 22.7 Å². The Labute approximate surface area is 95.3 Å². The molecule has 1 aromatic heterocycles. The van der Waals surface area contributed by atoms with Gasteiger partial charge >= 0.3 is 6.18 Å². The lowest BCUT2D eigenvalue weighted by molar-refractivity contribution is -0.173. The minimum atomic E-state index is -4.34. The van der Waals surface area contributed by atoms with E-state index in [0.29, 0.717) is 11.3 Å². The van der Waals surface area contributed by atoms with Crippen molar-refractivity contribution in [1.29, 1.82) is 0 Å². The van der Waals surface area contributed by atoms with Gasteiger partial charge in [0.15, 0.2) is 0 Å². The molecule has 1 rings (SSSR count). The number of aromatic amines is 1. The molecule has 0 aliphatic rings. The van der Waals surface area contributed by atoms with E-state index < -0.39 is 18.7 Å². The molecule has 0 bridgehead atoms. The number of amides is 1. The number of aryl methyl sites for hydroxylation is 1. The Morgan fingerprint density at radius 3 is 2.82 bits per heavy atom. The third kappa shape index (κ3) is 4.85. The number of ether oxygens (including phenoxy) is 1. The number of rotatable bonds is 5. The highest BCUT2D eigenvalue weighted by Crippen LogP contribution is 2.13. The Bertz CT molecular complexity index is 376. The predicted octanol–water partition coefficient (Wildman–Crippen LogP) is 1.03. The molecule has 0 aromatic carbocycles. The fourth-order valence-corrected chi connectivity index (χ4v) is 1.10. The molecular formula is C9H12F3N3O2. The largest absolute Gasteiger partial charge is 0.411 e. The Hall–Kier alpha value is -1.57. The number of hydrogen-bond donors (Lipinski definition) is 2. The maximum absolute atomic E-state index is 11.7. The van der Waals surface area contributed by atoms with Crippen molar-refractivity contribution in [2.24, 2.45) is 0 Å². The Balaban J connectivity index is 2.20. The van der Waals surface area contributed by atoms with Crippen molar-refractivity contribution in [2.45, 2.75) is 13.1 Å². The SMILES string of the molecule is Cc1[nH]ncc1C(=O)NCCOCC(F)(F)F. The van der Waals surface area contributed by atoms with Crippen molar-refractivity contribution in [3.63, 3.8) is 0 Å². The molecule has 8 heteroatoms. The molecule has 5 nitrogen and oxygen atoms in total. The molecule has 0 fully saturated rings. The maximum atomic E-state index is 11.7. The lowest BCUT2D eigenvalue weighted by Gasteiger charge is -2.08. The van der Waals surface area contributed by atoms with Crippen LogP contribution < -0.4 is 5.32 Å². The van der Waals surface area contributed by atoms with Crippen LogP contribution in [0.15, 0.2) is 6.20 Å². The highest BCUT2D eigenvalue weighted by molar-refractivity contribution is 5.94. The molecule has 2 N–H and O–H groups in total. The molecule has 0 spiro atoms. The summed E-state index contributed by atoms with van der Waals surface area (Å²) in [5, 5.41) is 8.65. The van der Waals surface area contributed by atoms with E-state index in [9.17, 15) is 18.0 Å². The molecule has 1 amide bonds. The van der Waals surface area contributed by atoms with Crippen LogP contribution in [-0.4, -0.2) is 42.0 Å². The number of carbonyl (C=O) groups excluding carboxylic acids is 1. The van der Waals surface area contributed by atoms with Crippen LogP contribution in [0.25, 0.3) is 0 Å². The minimum absolute atomic E-state index is 0.0134. The average Bonchev–Trinajstić information content (AvgIpc) is 2.62. The second-order valence-corrected chi connectivity index (χ2v) is 3.33. The third-order valence-corrected chi connectivity index (χ3v) is 1.87. The maximum Gasteiger partial charge on any atom is 0.411 e. The zero-order valence-corrected chi connectivity index (χ0v) is 9.10. The van der Waals surface area contributed by atoms with E-state index in [0.717, 1.165) is 0 Å². The zero-order valence-electron chi connectivity index (χ0n) is 9.10. The van der Waals surface area contributed by atoms with Crippen LogP contribution in [0.4, 0.5) is 13.2 Å². The first-order valence-corrected chi connectivity index (χ1v) is 4.83. The molecular weight excluding hydrogens is 239 g/mol. The number of nitrogens with one attached hydrogen (secondary N) is 2. The molecule has 0 saturated carbocycles. The van der Waals surface area contributed by atoms with Gasteiger partial charge in [-0.15, -0.1) is 0 Å². The normalized spacial score (nSPS) is 11.5. The fraction of sp³-hybridized carbons (Fsp3) is 0.556. The first-order valence-electron chi connectivity index (χ1n) is 4.83. The van der Waals surface area contributed by atoms with Gasteiger partial charge in [-0.3, -0.25) is 9.89 Å². The van der Waals surface area contributed by atoms with E-state index in [-0.39, 0.29) is 13.2 Å². The summed E-state index contributed by atoms with van der Waals surface area (Å²) >= 11 is 0. The van der Waals surface area contributed by atoms with Gasteiger partial charge in [0.25, 0.3) is 5.91 Å². The summed E-state index contributed by atoms with van der Waals surface area (Å²) in [5.74, 6) is -0.396. The second kappa shape index (κ2) is 5.67. The van der Waals surface area contributed by atoms with Gasteiger partial charge in [0.1, 0.15) is 6.61 Å².